The first-order valence-corrected chi connectivity index (χ1v) is 6.01. The smallest absolute Gasteiger partial charge is 0.434 e. The van der Waals surface area contributed by atoms with E-state index >= 15 is 0 Å². The summed E-state index contributed by atoms with van der Waals surface area (Å²) < 4.78 is 77.3. The molecule has 1 saturated carbocycles. The van der Waals surface area contributed by atoms with Crippen LogP contribution in [0, 0.1) is 11.8 Å². The molecule has 0 bridgehead atoms. The first-order valence-electron chi connectivity index (χ1n) is 6.01. The molecule has 1 N–H and O–H groups in total. The van der Waals surface area contributed by atoms with Crippen LogP contribution < -0.4 is 0 Å². The molecule has 1 aliphatic rings. The fourth-order valence-electron chi connectivity index (χ4n) is 2.23. The first kappa shape index (κ1) is 17.6. The Balaban J connectivity index is 2.88. The molecule has 0 saturated heterocycles. The van der Waals surface area contributed by atoms with E-state index in [4.69, 9.17) is 5.11 Å². The lowest BCUT2D eigenvalue weighted by Gasteiger charge is -2.29. The van der Waals surface area contributed by atoms with Gasteiger partial charge in [-0.1, -0.05) is 12.8 Å². The molecule has 0 radical (unpaired) electrons. The number of carboxylic acid groups (broad SMARTS) is 1. The third kappa shape index (κ3) is 4.50. The predicted molar refractivity (Wildman–Crippen MR) is 55.1 cm³/mol. The highest BCUT2D eigenvalue weighted by molar-refractivity contribution is 5.81. The van der Waals surface area contributed by atoms with Crippen LogP contribution in [-0.2, 0) is 14.3 Å². The third-order valence-electron chi connectivity index (χ3n) is 3.21. The van der Waals surface area contributed by atoms with Gasteiger partial charge >= 0.3 is 24.3 Å². The van der Waals surface area contributed by atoms with Crippen molar-refractivity contribution in [2.75, 3.05) is 0 Å². The third-order valence-corrected chi connectivity index (χ3v) is 3.21. The van der Waals surface area contributed by atoms with Crippen LogP contribution in [0.3, 0.4) is 0 Å². The van der Waals surface area contributed by atoms with Crippen molar-refractivity contribution in [2.24, 2.45) is 11.8 Å². The van der Waals surface area contributed by atoms with Gasteiger partial charge in [0.2, 0.25) is 0 Å². The van der Waals surface area contributed by atoms with Gasteiger partial charge in [0.25, 0.3) is 6.10 Å². The second-order valence-corrected chi connectivity index (χ2v) is 4.74. The Morgan fingerprint density at radius 1 is 0.952 bits per heavy atom. The van der Waals surface area contributed by atoms with E-state index in [2.05, 4.69) is 4.74 Å². The standard InChI is InChI=1S/C11H12F6O4/c12-10(13,14)9(11(15,16)17)21-8(20)6-4-2-1-3-5(6)7(18)19/h5-6,9H,1-4H2,(H,18,19). The van der Waals surface area contributed by atoms with Crippen LogP contribution in [0.5, 0.6) is 0 Å². The molecule has 0 aromatic carbocycles. The van der Waals surface area contributed by atoms with Gasteiger partial charge in [-0.25, -0.2) is 0 Å². The fourth-order valence-corrected chi connectivity index (χ4v) is 2.23. The SMILES string of the molecule is O=C(O)C1CCCCC1C(=O)OC(C(F)(F)F)C(F)(F)F. The van der Waals surface area contributed by atoms with Crippen LogP contribution >= 0.6 is 0 Å². The average molecular weight is 322 g/mol. The Morgan fingerprint density at radius 2 is 1.38 bits per heavy atom. The Hall–Kier alpha value is -1.48. The van der Waals surface area contributed by atoms with E-state index in [0.717, 1.165) is 0 Å². The summed E-state index contributed by atoms with van der Waals surface area (Å²) in [6, 6.07) is 0. The lowest BCUT2D eigenvalue weighted by Crippen LogP contribution is -2.47. The first-order chi connectivity index (χ1) is 9.44. The van der Waals surface area contributed by atoms with Crippen molar-refractivity contribution in [3.05, 3.63) is 0 Å². The van der Waals surface area contributed by atoms with Gasteiger partial charge in [-0.15, -0.1) is 0 Å². The van der Waals surface area contributed by atoms with Crippen LogP contribution in [0.2, 0.25) is 0 Å². The van der Waals surface area contributed by atoms with E-state index in [1.165, 1.54) is 0 Å². The lowest BCUT2D eigenvalue weighted by atomic mass is 9.79. The van der Waals surface area contributed by atoms with Crippen LogP contribution in [-0.4, -0.2) is 35.5 Å². The quantitative estimate of drug-likeness (QED) is 0.641. The molecular formula is C11H12F6O4. The van der Waals surface area contributed by atoms with Crippen molar-refractivity contribution >= 4 is 11.9 Å². The Labute approximate surface area is 115 Å². The van der Waals surface area contributed by atoms with E-state index in [0.29, 0.717) is 12.8 Å². The molecule has 0 aromatic heterocycles. The monoisotopic (exact) mass is 322 g/mol. The maximum atomic E-state index is 12.3. The average Bonchev–Trinajstić information content (AvgIpc) is 2.32. The lowest BCUT2D eigenvalue weighted by molar-refractivity contribution is -0.314. The summed E-state index contributed by atoms with van der Waals surface area (Å²) in [6.07, 6.45) is -15.2. The van der Waals surface area contributed by atoms with Crippen molar-refractivity contribution in [1.29, 1.82) is 0 Å². The number of hydrogen-bond acceptors (Lipinski definition) is 3. The van der Waals surface area contributed by atoms with Gasteiger partial charge in [0, 0.05) is 0 Å². The molecule has 10 heteroatoms. The topological polar surface area (TPSA) is 63.6 Å². The van der Waals surface area contributed by atoms with Gasteiger partial charge in [-0.05, 0) is 12.8 Å². The van der Waals surface area contributed by atoms with E-state index in [1.807, 2.05) is 0 Å². The molecule has 0 aromatic rings. The normalized spacial score (nSPS) is 24.0. The molecule has 0 heterocycles. The van der Waals surface area contributed by atoms with Crippen molar-refractivity contribution in [2.45, 2.75) is 44.1 Å². The largest absolute Gasteiger partial charge is 0.481 e. The Bertz CT molecular complexity index is 388. The van der Waals surface area contributed by atoms with Crippen LogP contribution in [0.4, 0.5) is 26.3 Å². The predicted octanol–water partition coefficient (Wildman–Crippen LogP) is 2.91. The second kappa shape index (κ2) is 6.10. The fraction of sp³-hybridized carbons (Fsp3) is 0.818. The van der Waals surface area contributed by atoms with Gasteiger partial charge in [-0.2, -0.15) is 26.3 Å². The van der Waals surface area contributed by atoms with Crippen molar-refractivity contribution in [3.8, 4) is 0 Å². The zero-order valence-electron chi connectivity index (χ0n) is 10.5. The highest BCUT2D eigenvalue weighted by Gasteiger charge is 2.60. The Kier molecular flexibility index (Phi) is 5.11. The number of ether oxygens (including phenoxy) is 1. The molecule has 0 amide bonds. The van der Waals surface area contributed by atoms with Gasteiger partial charge in [0.15, 0.2) is 0 Å². The maximum absolute atomic E-state index is 12.3. The summed E-state index contributed by atoms with van der Waals surface area (Å²) in [7, 11) is 0. The molecule has 1 aliphatic carbocycles. The highest BCUT2D eigenvalue weighted by atomic mass is 19.4. The number of carbonyl (C=O) groups excluding carboxylic acids is 1. The number of carbonyl (C=O) groups is 2. The minimum atomic E-state index is -5.80. The number of aliphatic carboxylic acids is 1. The summed E-state index contributed by atoms with van der Waals surface area (Å²) in [5.74, 6) is -6.04. The summed E-state index contributed by atoms with van der Waals surface area (Å²) in [4.78, 5) is 22.4. The number of carboxylic acids is 1. The number of rotatable bonds is 3. The number of esters is 1. The molecule has 0 spiro atoms. The summed E-state index contributed by atoms with van der Waals surface area (Å²) in [5.41, 5.74) is 0. The van der Waals surface area contributed by atoms with Crippen LogP contribution in [0.15, 0.2) is 0 Å². The summed E-state index contributed by atoms with van der Waals surface area (Å²) >= 11 is 0. The van der Waals surface area contributed by atoms with E-state index in [1.54, 1.807) is 0 Å². The minimum absolute atomic E-state index is 0.0117. The van der Waals surface area contributed by atoms with Crippen molar-refractivity contribution < 1.29 is 45.8 Å². The van der Waals surface area contributed by atoms with Crippen LogP contribution in [0.1, 0.15) is 25.7 Å². The van der Waals surface area contributed by atoms with Crippen LogP contribution in [0.25, 0.3) is 0 Å². The molecule has 1 rings (SSSR count). The molecule has 2 unspecified atom stereocenters. The van der Waals surface area contributed by atoms with E-state index in [-0.39, 0.29) is 12.8 Å². The molecule has 122 valence electrons. The highest BCUT2D eigenvalue weighted by Crippen LogP contribution is 2.38. The van der Waals surface area contributed by atoms with E-state index < -0.39 is 42.2 Å². The summed E-state index contributed by atoms with van der Waals surface area (Å²) in [6.45, 7) is 0. The molecule has 1 fully saturated rings. The zero-order chi connectivity index (χ0) is 16.4. The molecule has 0 aliphatic heterocycles. The Morgan fingerprint density at radius 3 is 1.76 bits per heavy atom. The van der Waals surface area contributed by atoms with Crippen molar-refractivity contribution in [3.63, 3.8) is 0 Å². The molecule has 2 atom stereocenters. The summed E-state index contributed by atoms with van der Waals surface area (Å²) in [5, 5.41) is 8.86. The molecule has 4 nitrogen and oxygen atoms in total. The molecular weight excluding hydrogens is 310 g/mol. The molecule has 21 heavy (non-hydrogen) atoms. The number of hydrogen-bond donors (Lipinski definition) is 1. The van der Waals surface area contributed by atoms with Gasteiger partial charge < -0.3 is 9.84 Å². The van der Waals surface area contributed by atoms with Gasteiger partial charge in [-0.3, -0.25) is 9.59 Å². The van der Waals surface area contributed by atoms with Crippen molar-refractivity contribution in [1.82, 2.24) is 0 Å². The maximum Gasteiger partial charge on any atom is 0.434 e. The second-order valence-electron chi connectivity index (χ2n) is 4.74. The van der Waals surface area contributed by atoms with E-state index in [9.17, 15) is 35.9 Å². The zero-order valence-corrected chi connectivity index (χ0v) is 10.5. The van der Waals surface area contributed by atoms with Gasteiger partial charge in [0.1, 0.15) is 0 Å². The number of halogens is 6. The number of alkyl halides is 6. The minimum Gasteiger partial charge on any atom is -0.481 e. The van der Waals surface area contributed by atoms with Gasteiger partial charge in [0.05, 0.1) is 11.8 Å².